The van der Waals surface area contributed by atoms with Gasteiger partial charge in [-0.05, 0) is 41.1 Å². The van der Waals surface area contributed by atoms with Gasteiger partial charge >= 0.3 is 0 Å². The first-order valence-corrected chi connectivity index (χ1v) is 6.60. The first kappa shape index (κ1) is 13.2. The highest BCUT2D eigenvalue weighted by Gasteiger charge is 2.10. The van der Waals surface area contributed by atoms with Crippen LogP contribution in [0.3, 0.4) is 0 Å². The number of rotatable bonds is 5. The van der Waals surface area contributed by atoms with E-state index < -0.39 is 0 Å². The summed E-state index contributed by atoms with van der Waals surface area (Å²) in [7, 11) is 1.69. The van der Waals surface area contributed by atoms with Crippen molar-refractivity contribution in [2.75, 3.05) is 7.11 Å². The Labute approximate surface area is 115 Å². The number of halogens is 1. The summed E-state index contributed by atoms with van der Waals surface area (Å²) in [6.07, 6.45) is 0. The molecule has 3 nitrogen and oxygen atoms in total. The van der Waals surface area contributed by atoms with Gasteiger partial charge in [0.25, 0.3) is 0 Å². The van der Waals surface area contributed by atoms with E-state index in [4.69, 9.17) is 9.15 Å². The van der Waals surface area contributed by atoms with Gasteiger partial charge in [0.15, 0.2) is 4.67 Å². The zero-order chi connectivity index (χ0) is 13.0. The monoisotopic (exact) mass is 309 g/mol. The fourth-order valence-electron chi connectivity index (χ4n) is 1.77. The number of benzene rings is 1. The minimum atomic E-state index is 0.154. The summed E-state index contributed by atoms with van der Waals surface area (Å²) in [5.41, 5.74) is 1.14. The molecule has 0 aliphatic carbocycles. The van der Waals surface area contributed by atoms with Crippen molar-refractivity contribution >= 4 is 15.9 Å². The Balaban J connectivity index is 1.99. The van der Waals surface area contributed by atoms with Gasteiger partial charge in [0.05, 0.1) is 13.2 Å². The highest BCUT2D eigenvalue weighted by Crippen LogP contribution is 2.22. The van der Waals surface area contributed by atoms with Crippen LogP contribution in [0.5, 0.6) is 5.75 Å². The summed E-state index contributed by atoms with van der Waals surface area (Å²) in [5, 5.41) is 3.41. The van der Waals surface area contributed by atoms with Crippen molar-refractivity contribution in [3.63, 3.8) is 0 Å². The molecule has 1 aromatic carbocycles. The van der Waals surface area contributed by atoms with Crippen LogP contribution >= 0.6 is 15.9 Å². The van der Waals surface area contributed by atoms with Gasteiger partial charge in [-0.25, -0.2) is 0 Å². The van der Waals surface area contributed by atoms with Crippen LogP contribution in [0.2, 0.25) is 0 Å². The Hall–Kier alpha value is -1.26. The molecule has 1 N–H and O–H groups in total. The molecule has 4 heteroatoms. The van der Waals surface area contributed by atoms with Gasteiger partial charge in [-0.3, -0.25) is 0 Å². The van der Waals surface area contributed by atoms with E-state index in [1.807, 2.05) is 30.3 Å². The van der Waals surface area contributed by atoms with Crippen LogP contribution in [0.25, 0.3) is 0 Å². The first-order valence-electron chi connectivity index (χ1n) is 5.81. The quantitative estimate of drug-likeness (QED) is 0.909. The molecule has 0 spiro atoms. The summed E-state index contributed by atoms with van der Waals surface area (Å²) in [6.45, 7) is 2.81. The second-order valence-corrected chi connectivity index (χ2v) is 4.84. The molecule has 2 aromatic rings. The number of hydrogen-bond acceptors (Lipinski definition) is 3. The Morgan fingerprint density at radius 3 is 2.72 bits per heavy atom. The van der Waals surface area contributed by atoms with E-state index in [0.717, 1.165) is 28.3 Å². The average molecular weight is 310 g/mol. The minimum absolute atomic E-state index is 0.154. The lowest BCUT2D eigenvalue weighted by atomic mass is 10.2. The Kier molecular flexibility index (Phi) is 4.44. The average Bonchev–Trinajstić information content (AvgIpc) is 2.83. The molecular formula is C14H16BrNO2. The van der Waals surface area contributed by atoms with Gasteiger partial charge in [0, 0.05) is 12.1 Å². The SMILES string of the molecule is COc1ccccc1CNC(C)c1ccc(Br)o1. The molecule has 1 unspecified atom stereocenters. The zero-order valence-corrected chi connectivity index (χ0v) is 12.0. The topological polar surface area (TPSA) is 34.4 Å². The second-order valence-electron chi connectivity index (χ2n) is 4.06. The predicted molar refractivity (Wildman–Crippen MR) is 74.7 cm³/mol. The number of hydrogen-bond donors (Lipinski definition) is 1. The summed E-state index contributed by atoms with van der Waals surface area (Å²) in [6, 6.07) is 12.0. The molecule has 1 atom stereocenters. The largest absolute Gasteiger partial charge is 0.496 e. The number of nitrogens with one attached hydrogen (secondary N) is 1. The van der Waals surface area contributed by atoms with Crippen molar-refractivity contribution in [1.29, 1.82) is 0 Å². The third-order valence-electron chi connectivity index (χ3n) is 2.81. The summed E-state index contributed by atoms with van der Waals surface area (Å²) in [5.74, 6) is 1.81. The van der Waals surface area contributed by atoms with Crippen LogP contribution in [0.15, 0.2) is 45.5 Å². The van der Waals surface area contributed by atoms with E-state index in [0.29, 0.717) is 0 Å². The maximum absolute atomic E-state index is 5.51. The third kappa shape index (κ3) is 3.15. The molecule has 0 amide bonds. The van der Waals surface area contributed by atoms with Crippen LogP contribution in [0.4, 0.5) is 0 Å². The van der Waals surface area contributed by atoms with Gasteiger partial charge in [-0.2, -0.15) is 0 Å². The maximum Gasteiger partial charge on any atom is 0.169 e. The molecule has 0 saturated carbocycles. The smallest absolute Gasteiger partial charge is 0.169 e. The molecule has 1 heterocycles. The summed E-state index contributed by atoms with van der Waals surface area (Å²) < 4.78 is 11.6. The number of para-hydroxylation sites is 1. The molecule has 0 saturated heterocycles. The normalized spacial score (nSPS) is 12.4. The minimum Gasteiger partial charge on any atom is -0.496 e. The van der Waals surface area contributed by atoms with Crippen LogP contribution in [0.1, 0.15) is 24.3 Å². The van der Waals surface area contributed by atoms with Gasteiger partial charge in [0.2, 0.25) is 0 Å². The van der Waals surface area contributed by atoms with E-state index in [9.17, 15) is 0 Å². The van der Waals surface area contributed by atoms with Crippen molar-refractivity contribution in [2.45, 2.75) is 19.5 Å². The molecule has 0 radical (unpaired) electrons. The van der Waals surface area contributed by atoms with Gasteiger partial charge in [-0.15, -0.1) is 0 Å². The van der Waals surface area contributed by atoms with Crippen molar-refractivity contribution < 1.29 is 9.15 Å². The maximum atomic E-state index is 5.51. The Morgan fingerprint density at radius 2 is 2.06 bits per heavy atom. The van der Waals surface area contributed by atoms with Crippen LogP contribution in [-0.4, -0.2) is 7.11 Å². The summed E-state index contributed by atoms with van der Waals surface area (Å²) >= 11 is 3.30. The predicted octanol–water partition coefficient (Wildman–Crippen LogP) is 3.90. The fourth-order valence-corrected chi connectivity index (χ4v) is 2.09. The lowest BCUT2D eigenvalue weighted by molar-refractivity contribution is 0.396. The van der Waals surface area contributed by atoms with Crippen molar-refractivity contribution in [3.05, 3.63) is 52.4 Å². The highest BCUT2D eigenvalue weighted by atomic mass is 79.9. The third-order valence-corrected chi connectivity index (χ3v) is 3.24. The van der Waals surface area contributed by atoms with Gasteiger partial charge < -0.3 is 14.5 Å². The highest BCUT2D eigenvalue weighted by molar-refractivity contribution is 9.10. The second kappa shape index (κ2) is 6.07. The molecule has 0 aliphatic heterocycles. The molecule has 18 heavy (non-hydrogen) atoms. The zero-order valence-electron chi connectivity index (χ0n) is 10.4. The number of ether oxygens (including phenoxy) is 1. The lowest BCUT2D eigenvalue weighted by Crippen LogP contribution is -2.17. The van der Waals surface area contributed by atoms with Crippen molar-refractivity contribution in [2.24, 2.45) is 0 Å². The van der Waals surface area contributed by atoms with E-state index in [2.05, 4.69) is 34.2 Å². The van der Waals surface area contributed by atoms with Crippen LogP contribution in [-0.2, 0) is 6.54 Å². The molecule has 0 bridgehead atoms. The fraction of sp³-hybridized carbons (Fsp3) is 0.286. The van der Waals surface area contributed by atoms with Crippen LogP contribution in [0, 0.1) is 0 Å². The molecule has 1 aromatic heterocycles. The van der Waals surface area contributed by atoms with Gasteiger partial charge in [0.1, 0.15) is 11.5 Å². The van der Waals surface area contributed by atoms with Crippen molar-refractivity contribution in [3.8, 4) is 5.75 Å². The van der Waals surface area contributed by atoms with E-state index in [1.54, 1.807) is 7.11 Å². The molecular weight excluding hydrogens is 294 g/mol. The molecule has 96 valence electrons. The number of methoxy groups -OCH3 is 1. The first-order chi connectivity index (χ1) is 8.70. The number of furan rings is 1. The molecule has 0 fully saturated rings. The lowest BCUT2D eigenvalue weighted by Gasteiger charge is -2.13. The summed E-state index contributed by atoms with van der Waals surface area (Å²) in [4.78, 5) is 0. The van der Waals surface area contributed by atoms with Crippen LogP contribution < -0.4 is 10.1 Å². The standard InChI is InChI=1S/C14H16BrNO2/c1-10(12-7-8-14(15)18-12)16-9-11-5-3-4-6-13(11)17-2/h3-8,10,16H,9H2,1-2H3. The Bertz CT molecular complexity index is 510. The van der Waals surface area contributed by atoms with E-state index in [1.165, 1.54) is 0 Å². The van der Waals surface area contributed by atoms with Gasteiger partial charge in [-0.1, -0.05) is 18.2 Å². The van der Waals surface area contributed by atoms with E-state index in [-0.39, 0.29) is 6.04 Å². The Morgan fingerprint density at radius 1 is 1.28 bits per heavy atom. The molecule has 2 rings (SSSR count). The van der Waals surface area contributed by atoms with E-state index >= 15 is 0 Å². The molecule has 0 aliphatic rings. The van der Waals surface area contributed by atoms with Crippen molar-refractivity contribution in [1.82, 2.24) is 5.32 Å².